The number of imide groups is 1. The van der Waals surface area contributed by atoms with Gasteiger partial charge in [-0.3, -0.25) is 9.80 Å². The quantitative estimate of drug-likeness (QED) is 0.434. The van der Waals surface area contributed by atoms with Gasteiger partial charge in [-0.15, -0.1) is 0 Å². The number of nitrogens with zero attached hydrogens (tertiary/aromatic N) is 4. The Kier molecular flexibility index (Phi) is 7.42. The van der Waals surface area contributed by atoms with Crippen molar-refractivity contribution in [3.05, 3.63) is 65.5 Å². The molecule has 1 N–H and O–H groups in total. The maximum absolute atomic E-state index is 13.5. The van der Waals surface area contributed by atoms with Crippen molar-refractivity contribution in [1.82, 2.24) is 9.91 Å². The number of nitrogens with one attached hydrogen (secondary N) is 1. The number of hydrogen-bond acceptors (Lipinski definition) is 7. The second-order valence-electron chi connectivity index (χ2n) is 8.50. The molecule has 37 heavy (non-hydrogen) atoms. The number of anilines is 1. The van der Waals surface area contributed by atoms with E-state index in [1.165, 1.54) is 34.9 Å². The van der Waals surface area contributed by atoms with Gasteiger partial charge in [0.15, 0.2) is 12.3 Å². The molecular formula is C26H27FN5O5+. The van der Waals surface area contributed by atoms with E-state index in [0.717, 1.165) is 4.90 Å². The maximum Gasteiger partial charge on any atom is 0.501 e. The number of urea groups is 1. The molecule has 2 aromatic carbocycles. The summed E-state index contributed by atoms with van der Waals surface area (Å²) in [6.45, 7) is 5.38. The average Bonchev–Trinajstić information content (AvgIpc) is 3.22. The van der Waals surface area contributed by atoms with Gasteiger partial charge in [0.2, 0.25) is 6.04 Å². The highest BCUT2D eigenvalue weighted by molar-refractivity contribution is 6.48. The van der Waals surface area contributed by atoms with E-state index >= 15 is 0 Å². The van der Waals surface area contributed by atoms with Crippen molar-refractivity contribution in [3.8, 4) is 0 Å². The smallest absolute Gasteiger partial charge is 0.462 e. The van der Waals surface area contributed by atoms with E-state index in [0.29, 0.717) is 29.2 Å². The first-order chi connectivity index (χ1) is 17.7. The summed E-state index contributed by atoms with van der Waals surface area (Å²) in [5, 5.41) is 8.69. The van der Waals surface area contributed by atoms with Crippen LogP contribution in [0.3, 0.4) is 0 Å². The average molecular weight is 509 g/mol. The lowest BCUT2D eigenvalue weighted by Crippen LogP contribution is -2.61. The summed E-state index contributed by atoms with van der Waals surface area (Å²) in [6, 6.07) is 10.2. The van der Waals surface area contributed by atoms with Crippen LogP contribution in [0.25, 0.3) is 0 Å². The van der Waals surface area contributed by atoms with Crippen LogP contribution >= 0.6 is 0 Å². The second kappa shape index (κ2) is 10.7. The number of carbonyl (C=O) groups is 4. The highest BCUT2D eigenvalue weighted by Gasteiger charge is 2.54. The molecule has 192 valence electrons. The summed E-state index contributed by atoms with van der Waals surface area (Å²) in [4.78, 5) is 53.0. The number of hydrogen-bond donors (Lipinski definition) is 1. The van der Waals surface area contributed by atoms with E-state index in [1.807, 2.05) is 6.92 Å². The van der Waals surface area contributed by atoms with E-state index in [2.05, 4.69) is 10.4 Å². The highest BCUT2D eigenvalue weighted by atomic mass is 19.1. The van der Waals surface area contributed by atoms with Gasteiger partial charge in [-0.05, 0) is 56.7 Å². The number of hydrazone groups is 1. The number of halogens is 1. The lowest BCUT2D eigenvalue weighted by Gasteiger charge is -2.28. The third kappa shape index (κ3) is 5.25. The minimum Gasteiger partial charge on any atom is -0.462 e. The Labute approximate surface area is 213 Å². The van der Waals surface area contributed by atoms with Gasteiger partial charge < -0.3 is 10.1 Å². The van der Waals surface area contributed by atoms with Gasteiger partial charge in [0, 0.05) is 12.2 Å². The third-order valence-corrected chi connectivity index (χ3v) is 6.00. The largest absolute Gasteiger partial charge is 0.501 e. The minimum absolute atomic E-state index is 0.0853. The first kappa shape index (κ1) is 25.7. The number of likely N-dealkylation sites (N-methyl/N-ethyl adjacent to an activating group) is 1. The van der Waals surface area contributed by atoms with Crippen LogP contribution in [-0.4, -0.2) is 75.5 Å². The van der Waals surface area contributed by atoms with Crippen molar-refractivity contribution in [3.63, 3.8) is 0 Å². The fourth-order valence-corrected chi connectivity index (χ4v) is 4.33. The first-order valence-corrected chi connectivity index (χ1v) is 11.9. The number of ether oxygens (including phenoxy) is 1. The highest BCUT2D eigenvalue weighted by Crippen LogP contribution is 2.23. The van der Waals surface area contributed by atoms with Crippen LogP contribution in [0, 0.1) is 5.82 Å². The molecule has 2 aliphatic heterocycles. The van der Waals surface area contributed by atoms with E-state index in [-0.39, 0.29) is 25.3 Å². The number of esters is 1. The van der Waals surface area contributed by atoms with Crippen molar-refractivity contribution < 1.29 is 32.9 Å². The van der Waals surface area contributed by atoms with Crippen LogP contribution in [0.15, 0.2) is 53.6 Å². The lowest BCUT2D eigenvalue weighted by molar-refractivity contribution is -0.427. The van der Waals surface area contributed by atoms with E-state index in [9.17, 15) is 23.6 Å². The van der Waals surface area contributed by atoms with Gasteiger partial charge in [-0.1, -0.05) is 18.2 Å². The molecule has 1 atom stereocenters. The van der Waals surface area contributed by atoms with Crippen LogP contribution in [0.1, 0.15) is 36.7 Å². The standard InChI is InChI=1S/C26H26FN5O5/c1-4-32-23-22(16(3)29-32)30(26(36)31(24(23)34)14-17-9-11-19(27)12-10-17)15-21(33)28-20-8-6-7-18(13-20)25(35)37-5-2/h6-13,23H,4-5,14-15H2,1-3H3/p+1. The zero-order valence-electron chi connectivity index (χ0n) is 20.7. The predicted molar refractivity (Wildman–Crippen MR) is 133 cm³/mol. The number of fused-ring (bicyclic) bond motifs is 1. The summed E-state index contributed by atoms with van der Waals surface area (Å²) in [5.41, 5.74) is 2.00. The molecule has 0 aliphatic carbocycles. The fourth-order valence-electron chi connectivity index (χ4n) is 4.33. The van der Waals surface area contributed by atoms with Crippen molar-refractivity contribution in [1.29, 1.82) is 0 Å². The predicted octanol–water partition coefficient (Wildman–Crippen LogP) is 2.64. The zero-order chi connectivity index (χ0) is 26.7. The molecule has 11 heteroatoms. The molecule has 0 saturated heterocycles. The Morgan fingerprint density at radius 3 is 2.54 bits per heavy atom. The summed E-state index contributed by atoms with van der Waals surface area (Å²) in [5.74, 6) is -1.95. The number of benzene rings is 2. The Bertz CT molecular complexity index is 1320. The summed E-state index contributed by atoms with van der Waals surface area (Å²) in [6.07, 6.45) is 0. The number of amides is 4. The molecule has 0 saturated carbocycles. The third-order valence-electron chi connectivity index (χ3n) is 6.00. The molecule has 2 aliphatic rings. The van der Waals surface area contributed by atoms with E-state index in [4.69, 9.17) is 4.74 Å². The van der Waals surface area contributed by atoms with Gasteiger partial charge in [-0.25, -0.2) is 14.0 Å². The molecule has 10 nitrogen and oxygen atoms in total. The molecule has 0 spiro atoms. The minimum atomic E-state index is -0.858. The summed E-state index contributed by atoms with van der Waals surface area (Å²) in [7, 11) is 0. The Morgan fingerprint density at radius 2 is 1.86 bits per heavy atom. The molecule has 0 fully saturated rings. The molecule has 1 unspecified atom stereocenters. The van der Waals surface area contributed by atoms with E-state index < -0.39 is 35.7 Å². The van der Waals surface area contributed by atoms with Gasteiger partial charge in [0.1, 0.15) is 18.1 Å². The van der Waals surface area contributed by atoms with Gasteiger partial charge in [-0.2, -0.15) is 19.4 Å². The fraction of sp³-hybridized carbons (Fsp3) is 0.308. The Hall–Kier alpha value is -4.41. The zero-order valence-corrected chi connectivity index (χ0v) is 20.7. The molecule has 2 aromatic rings. The molecule has 4 rings (SSSR count). The normalized spacial score (nSPS) is 17.1. The summed E-state index contributed by atoms with van der Waals surface area (Å²) >= 11 is 0. The van der Waals surface area contributed by atoms with Crippen LogP contribution in [0.4, 0.5) is 14.9 Å². The van der Waals surface area contributed by atoms with E-state index in [1.54, 1.807) is 37.1 Å². The Balaban J connectivity index is 1.62. The monoisotopic (exact) mass is 508 g/mol. The van der Waals surface area contributed by atoms with Crippen LogP contribution in [-0.2, 0) is 20.9 Å². The first-order valence-electron chi connectivity index (χ1n) is 11.9. The number of carbonyl (C=O) groups excluding carboxylic acids is 4. The SMILES string of the molecule is CCOC(=O)c1cccc(NC(=O)C[N+]2=C3C(C)=NN(CC)C3C(=O)N(Cc3ccc(F)cc3)C2=O)c1. The number of rotatable bonds is 8. The molecule has 0 bridgehead atoms. The van der Waals surface area contributed by atoms with Crippen molar-refractivity contribution in [2.45, 2.75) is 33.4 Å². The van der Waals surface area contributed by atoms with Crippen molar-refractivity contribution in [2.24, 2.45) is 5.10 Å². The molecule has 0 radical (unpaired) electrons. The van der Waals surface area contributed by atoms with Gasteiger partial charge in [0.25, 0.3) is 5.91 Å². The summed E-state index contributed by atoms with van der Waals surface area (Å²) < 4.78 is 19.6. The van der Waals surface area contributed by atoms with Crippen LogP contribution in [0.5, 0.6) is 0 Å². The second-order valence-corrected chi connectivity index (χ2v) is 8.50. The van der Waals surface area contributed by atoms with Gasteiger partial charge in [0.05, 0.1) is 12.2 Å². The maximum atomic E-state index is 13.5. The van der Waals surface area contributed by atoms with Crippen LogP contribution < -0.4 is 5.32 Å². The topological polar surface area (TPSA) is 111 Å². The van der Waals surface area contributed by atoms with Crippen molar-refractivity contribution >= 4 is 40.9 Å². The van der Waals surface area contributed by atoms with Gasteiger partial charge >= 0.3 is 17.9 Å². The lowest BCUT2D eigenvalue weighted by atomic mass is 10.0. The molecule has 0 aromatic heterocycles. The molecular weight excluding hydrogens is 481 g/mol. The molecule has 2 heterocycles. The molecule has 4 amide bonds. The van der Waals surface area contributed by atoms with Crippen LogP contribution in [0.2, 0.25) is 0 Å². The van der Waals surface area contributed by atoms with Crippen molar-refractivity contribution in [2.75, 3.05) is 25.0 Å². The Morgan fingerprint density at radius 1 is 1.14 bits per heavy atom.